The Labute approximate surface area is 202 Å². The quantitative estimate of drug-likeness (QED) is 0.343. The summed E-state index contributed by atoms with van der Waals surface area (Å²) in [4.78, 5) is 36.8. The van der Waals surface area contributed by atoms with Gasteiger partial charge in [0.1, 0.15) is 11.5 Å². The number of rotatable bonds is 9. The zero-order valence-electron chi connectivity index (χ0n) is 18.0. The van der Waals surface area contributed by atoms with Gasteiger partial charge in [-0.15, -0.1) is 0 Å². The molecule has 0 aliphatic carbocycles. The maximum atomic E-state index is 12.9. The highest BCUT2D eigenvalue weighted by molar-refractivity contribution is 6.31. The van der Waals surface area contributed by atoms with Gasteiger partial charge < -0.3 is 30.2 Å². The topological polar surface area (TPSA) is 130 Å². The summed E-state index contributed by atoms with van der Waals surface area (Å²) < 4.78 is 30.6. The Morgan fingerprint density at radius 2 is 1.86 bits per heavy atom. The Morgan fingerprint density at radius 3 is 2.54 bits per heavy atom. The molecule has 3 rings (SSSR count). The van der Waals surface area contributed by atoms with Crippen LogP contribution in [-0.2, 0) is 11.3 Å². The third-order valence-electron chi connectivity index (χ3n) is 4.85. The van der Waals surface area contributed by atoms with E-state index in [1.54, 1.807) is 24.3 Å². The van der Waals surface area contributed by atoms with Crippen LogP contribution in [0.1, 0.15) is 23.6 Å². The molecule has 0 saturated heterocycles. The molecule has 184 valence electrons. The fraction of sp³-hybridized carbons (Fsp3) is 0.174. The average molecular weight is 508 g/mol. The first-order valence-corrected chi connectivity index (χ1v) is 10.5. The monoisotopic (exact) mass is 507 g/mol. The lowest BCUT2D eigenvalue weighted by Crippen LogP contribution is -2.36. The molecule has 0 unspecified atom stereocenters. The summed E-state index contributed by atoms with van der Waals surface area (Å²) in [7, 11) is 0. The number of pyridine rings is 1. The maximum Gasteiger partial charge on any atom is 0.387 e. The van der Waals surface area contributed by atoms with E-state index in [0.717, 1.165) is 6.07 Å². The number of aromatic nitrogens is 1. The smallest absolute Gasteiger partial charge is 0.387 e. The second-order valence-corrected chi connectivity index (χ2v) is 7.71. The zero-order chi connectivity index (χ0) is 25.5. The first kappa shape index (κ1) is 25.5. The van der Waals surface area contributed by atoms with Crippen LogP contribution in [0.15, 0.2) is 65.6 Å². The van der Waals surface area contributed by atoms with Crippen molar-refractivity contribution >= 4 is 29.3 Å². The van der Waals surface area contributed by atoms with Gasteiger partial charge in [0.25, 0.3) is 5.56 Å². The first-order valence-electron chi connectivity index (χ1n) is 10.1. The van der Waals surface area contributed by atoms with Gasteiger partial charge in [0, 0.05) is 11.2 Å². The van der Waals surface area contributed by atoms with Crippen molar-refractivity contribution in [1.82, 2.24) is 9.88 Å². The third kappa shape index (κ3) is 6.93. The van der Waals surface area contributed by atoms with E-state index in [2.05, 4.69) is 15.4 Å². The van der Waals surface area contributed by atoms with Crippen LogP contribution in [0.5, 0.6) is 11.5 Å². The number of benzene rings is 2. The predicted octanol–water partition coefficient (Wildman–Crippen LogP) is 4.19. The minimum absolute atomic E-state index is 0.0631. The van der Waals surface area contributed by atoms with E-state index in [0.29, 0.717) is 10.6 Å². The van der Waals surface area contributed by atoms with E-state index in [-0.39, 0.29) is 17.9 Å². The van der Waals surface area contributed by atoms with Crippen molar-refractivity contribution in [3.8, 4) is 11.5 Å². The molecule has 1 heterocycles. The van der Waals surface area contributed by atoms with Gasteiger partial charge >= 0.3 is 18.6 Å². The van der Waals surface area contributed by atoms with Crippen LogP contribution < -0.4 is 20.9 Å². The number of carboxylic acids is 1. The van der Waals surface area contributed by atoms with Gasteiger partial charge in [-0.2, -0.15) is 8.78 Å². The minimum atomic E-state index is -3.09. The fourth-order valence-electron chi connectivity index (χ4n) is 3.26. The molecule has 1 aromatic heterocycles. The SMILES string of the molecule is O=C(O)C[C@H](NC(=O)Nc1c(O)ccn(Cc2ccccc2Cl)c1=O)c1cccc(OC(F)F)c1. The molecule has 1 atom stereocenters. The van der Waals surface area contributed by atoms with Crippen molar-refractivity contribution in [3.05, 3.63) is 87.3 Å². The van der Waals surface area contributed by atoms with Gasteiger partial charge in [-0.05, 0) is 35.4 Å². The molecule has 0 fully saturated rings. The molecule has 0 saturated carbocycles. The number of ether oxygens (including phenoxy) is 1. The highest BCUT2D eigenvalue weighted by Gasteiger charge is 2.21. The van der Waals surface area contributed by atoms with E-state index in [4.69, 9.17) is 11.6 Å². The number of hydrogen-bond donors (Lipinski definition) is 4. The Hall–Kier alpha value is -4.12. The highest BCUT2D eigenvalue weighted by atomic mass is 35.5. The molecule has 35 heavy (non-hydrogen) atoms. The predicted molar refractivity (Wildman–Crippen MR) is 123 cm³/mol. The van der Waals surface area contributed by atoms with E-state index in [9.17, 15) is 33.4 Å². The van der Waals surface area contributed by atoms with Crippen LogP contribution in [0, 0.1) is 0 Å². The fourth-order valence-corrected chi connectivity index (χ4v) is 3.45. The largest absolute Gasteiger partial charge is 0.505 e. The lowest BCUT2D eigenvalue weighted by molar-refractivity contribution is -0.137. The Bertz CT molecular complexity index is 1280. The molecule has 2 amide bonds. The summed E-state index contributed by atoms with van der Waals surface area (Å²) in [5.74, 6) is -2.01. The number of carbonyl (C=O) groups excluding carboxylic acids is 1. The lowest BCUT2D eigenvalue weighted by atomic mass is 10.0. The number of carbonyl (C=O) groups is 2. The van der Waals surface area contributed by atoms with E-state index in [1.807, 2.05) is 0 Å². The number of amides is 2. The zero-order valence-corrected chi connectivity index (χ0v) is 18.7. The minimum Gasteiger partial charge on any atom is -0.505 e. The summed E-state index contributed by atoms with van der Waals surface area (Å²) in [5.41, 5.74) is -0.373. The Kier molecular flexibility index (Phi) is 8.26. The molecule has 4 N–H and O–H groups in total. The molecule has 9 nitrogen and oxygen atoms in total. The normalized spacial score (nSPS) is 11.7. The number of nitrogens with one attached hydrogen (secondary N) is 2. The highest BCUT2D eigenvalue weighted by Crippen LogP contribution is 2.24. The molecule has 0 bridgehead atoms. The number of halogens is 3. The summed E-state index contributed by atoms with van der Waals surface area (Å²) in [6.07, 6.45) is 0.731. The van der Waals surface area contributed by atoms with Crippen molar-refractivity contribution in [3.63, 3.8) is 0 Å². The number of alkyl halides is 2. The van der Waals surface area contributed by atoms with Crippen molar-refractivity contribution < 1.29 is 33.3 Å². The molecular formula is C23H20ClF2N3O6. The molecule has 0 aliphatic rings. The molecule has 0 aliphatic heterocycles. The van der Waals surface area contributed by atoms with E-state index < -0.39 is 48.1 Å². The first-order chi connectivity index (χ1) is 16.6. The van der Waals surface area contributed by atoms with E-state index in [1.165, 1.54) is 35.0 Å². The van der Waals surface area contributed by atoms with Crippen molar-refractivity contribution in [2.24, 2.45) is 0 Å². The van der Waals surface area contributed by atoms with Crippen LogP contribution in [0.2, 0.25) is 5.02 Å². The van der Waals surface area contributed by atoms with Gasteiger partial charge in [-0.1, -0.05) is 41.9 Å². The van der Waals surface area contributed by atoms with Crippen LogP contribution in [0.3, 0.4) is 0 Å². The molecule has 3 aromatic rings. The van der Waals surface area contributed by atoms with Crippen LogP contribution in [0.25, 0.3) is 0 Å². The number of nitrogens with zero attached hydrogens (tertiary/aromatic N) is 1. The van der Waals surface area contributed by atoms with Gasteiger partial charge in [-0.3, -0.25) is 9.59 Å². The average Bonchev–Trinajstić information content (AvgIpc) is 2.79. The van der Waals surface area contributed by atoms with Gasteiger partial charge in [0.2, 0.25) is 0 Å². The van der Waals surface area contributed by atoms with Gasteiger partial charge in [-0.25, -0.2) is 4.79 Å². The number of carboxylic acid groups (broad SMARTS) is 1. The van der Waals surface area contributed by atoms with Crippen LogP contribution >= 0.6 is 11.6 Å². The summed E-state index contributed by atoms with van der Waals surface area (Å²) in [6.45, 7) is -3.03. The van der Waals surface area contributed by atoms with Crippen LogP contribution in [-0.4, -0.2) is 33.4 Å². The number of hydrogen-bond acceptors (Lipinski definition) is 5. The number of aliphatic carboxylic acids is 1. The molecule has 2 aromatic carbocycles. The molecular weight excluding hydrogens is 488 g/mol. The number of urea groups is 1. The number of aromatic hydroxyl groups is 1. The van der Waals surface area contributed by atoms with Gasteiger partial charge in [0.05, 0.1) is 19.0 Å². The van der Waals surface area contributed by atoms with Crippen molar-refractivity contribution in [2.45, 2.75) is 25.6 Å². The Morgan fingerprint density at radius 1 is 1.11 bits per heavy atom. The molecule has 12 heteroatoms. The second-order valence-electron chi connectivity index (χ2n) is 7.30. The maximum absolute atomic E-state index is 12.9. The Balaban J connectivity index is 1.82. The molecule has 0 radical (unpaired) electrons. The standard InChI is InChI=1S/C23H20ClF2N3O6/c24-16-7-2-1-4-14(16)12-29-9-8-18(30)20(21(29)33)28-23(34)27-17(11-19(31)32)13-5-3-6-15(10-13)35-22(25)26/h1-10,17,22,30H,11-12H2,(H,31,32)(H2,27,28,34)/t17-/m0/s1. The summed E-state index contributed by atoms with van der Waals surface area (Å²) in [6, 6.07) is 11.1. The molecule has 0 spiro atoms. The van der Waals surface area contributed by atoms with Crippen molar-refractivity contribution in [1.29, 1.82) is 0 Å². The van der Waals surface area contributed by atoms with Crippen molar-refractivity contribution in [2.75, 3.05) is 5.32 Å². The van der Waals surface area contributed by atoms with Gasteiger partial charge in [0.15, 0.2) is 5.69 Å². The lowest BCUT2D eigenvalue weighted by Gasteiger charge is -2.19. The number of anilines is 1. The summed E-state index contributed by atoms with van der Waals surface area (Å²) >= 11 is 6.13. The van der Waals surface area contributed by atoms with E-state index >= 15 is 0 Å². The summed E-state index contributed by atoms with van der Waals surface area (Å²) in [5, 5.41) is 24.4. The second kappa shape index (κ2) is 11.3. The van der Waals surface area contributed by atoms with Crippen LogP contribution in [0.4, 0.5) is 19.3 Å². The third-order valence-corrected chi connectivity index (χ3v) is 5.22.